The Bertz CT molecular complexity index is 690. The predicted molar refractivity (Wildman–Crippen MR) is 89.6 cm³/mol. The molecule has 6 nitrogen and oxygen atoms in total. The number of fused-ring (bicyclic) bond motifs is 2. The molecule has 1 aromatic carbocycles. The maximum Gasteiger partial charge on any atom is 0.411 e. The molecule has 1 amide bonds. The first-order chi connectivity index (χ1) is 11.9. The Morgan fingerprint density at radius 2 is 1.96 bits per heavy atom. The van der Waals surface area contributed by atoms with Crippen LogP contribution in [0.1, 0.15) is 26.3 Å². The van der Waals surface area contributed by atoms with E-state index in [9.17, 15) is 4.79 Å². The van der Waals surface area contributed by atoms with Crippen molar-refractivity contribution in [3.8, 4) is 0 Å². The summed E-state index contributed by atoms with van der Waals surface area (Å²) in [5, 5.41) is 0. The van der Waals surface area contributed by atoms with Crippen molar-refractivity contribution in [1.29, 1.82) is 0 Å². The number of hydrogen-bond acceptors (Lipinski definition) is 5. The summed E-state index contributed by atoms with van der Waals surface area (Å²) in [5.74, 6) is -0.780. The van der Waals surface area contributed by atoms with Crippen LogP contribution < -0.4 is 0 Å². The zero-order valence-electron chi connectivity index (χ0n) is 14.7. The third-order valence-electron chi connectivity index (χ3n) is 5.26. The molecule has 0 radical (unpaired) electrons. The van der Waals surface area contributed by atoms with Gasteiger partial charge in [0.15, 0.2) is 12.1 Å². The molecule has 0 aliphatic carbocycles. The number of amides is 1. The van der Waals surface area contributed by atoms with Crippen molar-refractivity contribution in [1.82, 2.24) is 4.90 Å². The van der Waals surface area contributed by atoms with Crippen LogP contribution in [0, 0.1) is 0 Å². The van der Waals surface area contributed by atoms with Gasteiger partial charge in [-0.15, -0.1) is 6.58 Å². The number of ether oxygens (including phenoxy) is 4. The van der Waals surface area contributed by atoms with Crippen molar-refractivity contribution in [3.63, 3.8) is 0 Å². The molecule has 3 saturated heterocycles. The fourth-order valence-electron chi connectivity index (χ4n) is 4.23. The third-order valence-corrected chi connectivity index (χ3v) is 5.26. The molecule has 6 heteroatoms. The fourth-order valence-corrected chi connectivity index (χ4v) is 4.23. The van der Waals surface area contributed by atoms with Crippen molar-refractivity contribution in [2.45, 2.75) is 63.2 Å². The third kappa shape index (κ3) is 2.32. The maximum absolute atomic E-state index is 12.7. The second-order valence-corrected chi connectivity index (χ2v) is 7.20. The molecule has 134 valence electrons. The van der Waals surface area contributed by atoms with Crippen molar-refractivity contribution in [2.75, 3.05) is 0 Å². The summed E-state index contributed by atoms with van der Waals surface area (Å²) < 4.78 is 23.7. The van der Waals surface area contributed by atoms with E-state index in [1.807, 2.05) is 51.1 Å². The molecule has 3 heterocycles. The number of nitrogens with zero attached hydrogens (tertiary/aromatic N) is 1. The van der Waals surface area contributed by atoms with Gasteiger partial charge in [-0.25, -0.2) is 4.79 Å². The Morgan fingerprint density at radius 3 is 2.64 bits per heavy atom. The smallest absolute Gasteiger partial charge is 0.411 e. The van der Waals surface area contributed by atoms with Crippen LogP contribution in [0.25, 0.3) is 0 Å². The molecular formula is C19H23NO5. The monoisotopic (exact) mass is 345 g/mol. The lowest BCUT2D eigenvalue weighted by molar-refractivity contribution is -0.214. The highest BCUT2D eigenvalue weighted by molar-refractivity contribution is 5.73. The number of cyclic esters (lactones) is 1. The summed E-state index contributed by atoms with van der Waals surface area (Å²) in [6.45, 7) is 9.86. The number of benzene rings is 1. The molecule has 0 bridgehead atoms. The minimum Gasteiger partial charge on any atom is -0.444 e. The van der Waals surface area contributed by atoms with Gasteiger partial charge in [-0.05, 0) is 26.3 Å². The summed E-state index contributed by atoms with van der Waals surface area (Å²) >= 11 is 0. The van der Waals surface area contributed by atoms with Crippen LogP contribution in [0.15, 0.2) is 43.0 Å². The number of carbonyl (C=O) groups is 1. The zero-order valence-corrected chi connectivity index (χ0v) is 14.7. The van der Waals surface area contributed by atoms with E-state index >= 15 is 0 Å². The van der Waals surface area contributed by atoms with Gasteiger partial charge in [0, 0.05) is 6.54 Å². The van der Waals surface area contributed by atoms with E-state index in [4.69, 9.17) is 18.9 Å². The van der Waals surface area contributed by atoms with E-state index in [-0.39, 0.29) is 6.09 Å². The standard InChI is InChI=1S/C19H23NO5/c1-5-14-19(15-16(23-14)25-18(3,4)24-15)12(2)22-17(21)20(19)11-13-9-7-6-8-10-13/h5-10,12,14-16H,1,11H2,2-4H3/t12-,14+,15-,16+,19-/m0/s1. The largest absolute Gasteiger partial charge is 0.444 e. The first-order valence-electron chi connectivity index (χ1n) is 8.54. The van der Waals surface area contributed by atoms with Crippen molar-refractivity contribution < 1.29 is 23.7 Å². The summed E-state index contributed by atoms with van der Waals surface area (Å²) in [6.07, 6.45) is -0.540. The summed E-state index contributed by atoms with van der Waals surface area (Å²) in [6, 6.07) is 9.81. The lowest BCUT2D eigenvalue weighted by atomic mass is 9.82. The SMILES string of the molecule is C=C[C@H]1O[C@@H]2OC(C)(C)O[C@@H]2[C@]12[C@H](C)OC(=O)N2Cc1ccccc1. The molecule has 3 aliphatic rings. The van der Waals surface area contributed by atoms with Crippen LogP contribution in [-0.4, -0.2) is 46.9 Å². The maximum atomic E-state index is 12.7. The summed E-state index contributed by atoms with van der Waals surface area (Å²) in [5.41, 5.74) is 0.199. The van der Waals surface area contributed by atoms with Crippen LogP contribution in [0.4, 0.5) is 4.79 Å². The molecule has 0 saturated carbocycles. The van der Waals surface area contributed by atoms with E-state index in [2.05, 4.69) is 6.58 Å². The first kappa shape index (κ1) is 16.6. The zero-order chi connectivity index (χ0) is 17.8. The van der Waals surface area contributed by atoms with Crippen LogP contribution in [0.2, 0.25) is 0 Å². The average Bonchev–Trinajstić information content (AvgIpc) is 3.11. The Labute approximate surface area is 147 Å². The van der Waals surface area contributed by atoms with E-state index < -0.39 is 35.9 Å². The molecule has 4 rings (SSSR count). The van der Waals surface area contributed by atoms with Crippen molar-refractivity contribution in [2.24, 2.45) is 0 Å². The minimum atomic E-state index is -0.812. The van der Waals surface area contributed by atoms with E-state index in [0.717, 1.165) is 5.56 Å². The summed E-state index contributed by atoms with van der Waals surface area (Å²) in [7, 11) is 0. The van der Waals surface area contributed by atoms with E-state index in [0.29, 0.717) is 6.54 Å². The van der Waals surface area contributed by atoms with Crippen LogP contribution >= 0.6 is 0 Å². The van der Waals surface area contributed by atoms with Crippen LogP contribution in [0.3, 0.4) is 0 Å². The van der Waals surface area contributed by atoms with Gasteiger partial charge in [0.25, 0.3) is 0 Å². The van der Waals surface area contributed by atoms with Gasteiger partial charge in [-0.3, -0.25) is 4.90 Å². The molecule has 1 spiro atoms. The molecule has 3 aliphatic heterocycles. The van der Waals surface area contributed by atoms with Crippen molar-refractivity contribution in [3.05, 3.63) is 48.6 Å². The van der Waals surface area contributed by atoms with Gasteiger partial charge in [0.1, 0.15) is 23.9 Å². The number of rotatable bonds is 3. The second kappa shape index (κ2) is 5.56. The Balaban J connectivity index is 1.77. The second-order valence-electron chi connectivity index (χ2n) is 7.20. The lowest BCUT2D eigenvalue weighted by Crippen LogP contribution is -2.62. The van der Waals surface area contributed by atoms with Gasteiger partial charge in [-0.2, -0.15) is 0 Å². The molecular weight excluding hydrogens is 322 g/mol. The Kier molecular flexibility index (Phi) is 3.68. The van der Waals surface area contributed by atoms with Crippen molar-refractivity contribution >= 4 is 6.09 Å². The highest BCUT2D eigenvalue weighted by Crippen LogP contribution is 2.51. The minimum absolute atomic E-state index is 0.374. The molecule has 1 aromatic rings. The molecule has 0 aromatic heterocycles. The topological polar surface area (TPSA) is 57.2 Å². The van der Waals surface area contributed by atoms with E-state index in [1.54, 1.807) is 11.0 Å². The quantitative estimate of drug-likeness (QED) is 0.789. The molecule has 25 heavy (non-hydrogen) atoms. The Hall–Kier alpha value is -1.89. The van der Waals surface area contributed by atoms with E-state index in [1.165, 1.54) is 0 Å². The van der Waals surface area contributed by atoms with Gasteiger partial charge < -0.3 is 18.9 Å². The normalized spacial score (nSPS) is 38.8. The fraction of sp³-hybridized carbons (Fsp3) is 0.526. The highest BCUT2D eigenvalue weighted by Gasteiger charge is 2.72. The highest BCUT2D eigenvalue weighted by atomic mass is 16.8. The molecule has 3 fully saturated rings. The summed E-state index contributed by atoms with van der Waals surface area (Å²) in [4.78, 5) is 14.4. The van der Waals surface area contributed by atoms with Gasteiger partial charge in [-0.1, -0.05) is 36.4 Å². The predicted octanol–water partition coefficient (Wildman–Crippen LogP) is 2.83. The number of hydrogen-bond donors (Lipinski definition) is 0. The van der Waals surface area contributed by atoms with Crippen LogP contribution in [-0.2, 0) is 25.5 Å². The van der Waals surface area contributed by atoms with Gasteiger partial charge >= 0.3 is 6.09 Å². The Morgan fingerprint density at radius 1 is 1.24 bits per heavy atom. The molecule has 5 atom stereocenters. The average molecular weight is 345 g/mol. The van der Waals surface area contributed by atoms with Gasteiger partial charge in [0.2, 0.25) is 0 Å². The van der Waals surface area contributed by atoms with Gasteiger partial charge in [0.05, 0.1) is 0 Å². The molecule has 0 unspecified atom stereocenters. The first-order valence-corrected chi connectivity index (χ1v) is 8.54. The molecule has 0 N–H and O–H groups in total. The number of carbonyl (C=O) groups excluding carboxylic acids is 1. The van der Waals surface area contributed by atoms with Crippen LogP contribution in [0.5, 0.6) is 0 Å². The lowest BCUT2D eigenvalue weighted by Gasteiger charge is -2.40.